The highest BCUT2D eigenvalue weighted by molar-refractivity contribution is 7.45. The highest BCUT2D eigenvalue weighted by atomic mass is 31.2. The number of carbonyl (C=O) groups excluding carboxylic acids is 1. The van der Waals surface area contributed by atoms with Gasteiger partial charge in [-0.2, -0.15) is 0 Å². The zero-order valence-electron chi connectivity index (χ0n) is 45.2. The van der Waals surface area contributed by atoms with Crippen molar-refractivity contribution >= 4 is 13.8 Å². The molecule has 0 aromatic rings. The van der Waals surface area contributed by atoms with E-state index in [2.05, 4.69) is 111 Å². The Morgan fingerprint density at radius 2 is 0.841 bits per heavy atom. The van der Waals surface area contributed by atoms with Crippen LogP contribution in [0.4, 0.5) is 0 Å². The van der Waals surface area contributed by atoms with Crippen LogP contribution in [-0.2, 0) is 27.9 Å². The van der Waals surface area contributed by atoms with Gasteiger partial charge in [0.15, 0.2) is 0 Å². The zero-order chi connectivity index (χ0) is 50.5. The molecule has 2 unspecified atom stereocenters. The molecule has 0 heterocycles. The van der Waals surface area contributed by atoms with Crippen molar-refractivity contribution in [3.8, 4) is 0 Å². The van der Waals surface area contributed by atoms with Crippen molar-refractivity contribution in [2.75, 3.05) is 54.1 Å². The highest BCUT2D eigenvalue weighted by Gasteiger charge is 2.20. The van der Waals surface area contributed by atoms with E-state index in [0.29, 0.717) is 24.1 Å². The normalized spacial score (nSPS) is 14.2. The van der Waals surface area contributed by atoms with E-state index in [1.165, 1.54) is 103 Å². The van der Waals surface area contributed by atoms with E-state index in [4.69, 9.17) is 18.5 Å². The number of likely N-dealkylation sites (N-methyl/N-ethyl adjacent to an activating group) is 1. The SMILES string of the molecule is CC/C=C\C/C=C\C/C=C\C/C=C\C/C=C\CCCCCCCCCCOCC(COP(=O)([O-])OCC[N+](C)(C)C)OC(=O)CCCCCCCCCC/C=C\C/C=C\C/C=C\CCCCCCC. The Morgan fingerprint density at radius 3 is 1.26 bits per heavy atom. The Bertz CT molecular complexity index is 1420. The fraction of sp³-hybridized carbons (Fsp3) is 0.717. The number of rotatable bonds is 51. The first-order valence-electron chi connectivity index (χ1n) is 28.0. The van der Waals surface area contributed by atoms with Gasteiger partial charge in [-0.3, -0.25) is 9.36 Å². The van der Waals surface area contributed by atoms with E-state index >= 15 is 0 Å². The maximum Gasteiger partial charge on any atom is 0.306 e. The quantitative estimate of drug-likeness (QED) is 0.0197. The molecule has 8 nitrogen and oxygen atoms in total. The van der Waals surface area contributed by atoms with Crippen LogP contribution in [0.3, 0.4) is 0 Å². The number of phosphoric acid groups is 1. The minimum absolute atomic E-state index is 0.0175. The van der Waals surface area contributed by atoms with Gasteiger partial charge >= 0.3 is 5.97 Å². The Kier molecular flexibility index (Phi) is 49.8. The molecule has 0 spiro atoms. The minimum atomic E-state index is -4.55. The summed E-state index contributed by atoms with van der Waals surface area (Å²) in [6.45, 7) is 5.25. The second kappa shape index (κ2) is 51.8. The largest absolute Gasteiger partial charge is 0.756 e. The van der Waals surface area contributed by atoms with Crippen LogP contribution in [0.5, 0.6) is 0 Å². The van der Waals surface area contributed by atoms with Crippen LogP contribution >= 0.6 is 7.82 Å². The van der Waals surface area contributed by atoms with Gasteiger partial charge in [-0.05, 0) is 96.3 Å². The lowest BCUT2D eigenvalue weighted by molar-refractivity contribution is -0.870. The number of ether oxygens (including phenoxy) is 2. The molecule has 0 aliphatic rings. The van der Waals surface area contributed by atoms with E-state index in [1.54, 1.807) is 0 Å². The maximum absolute atomic E-state index is 12.8. The number of nitrogens with zero attached hydrogens (tertiary/aromatic N) is 1. The van der Waals surface area contributed by atoms with Gasteiger partial charge in [0.05, 0.1) is 34.4 Å². The van der Waals surface area contributed by atoms with Crippen molar-refractivity contribution in [3.63, 3.8) is 0 Å². The molecule has 0 amide bonds. The number of hydrogen-bond donors (Lipinski definition) is 0. The molecule has 0 saturated heterocycles. The van der Waals surface area contributed by atoms with Gasteiger partial charge in [0, 0.05) is 13.0 Å². The molecule has 0 saturated carbocycles. The fourth-order valence-electron chi connectivity index (χ4n) is 7.35. The van der Waals surface area contributed by atoms with E-state index in [1.807, 2.05) is 21.1 Å². The summed E-state index contributed by atoms with van der Waals surface area (Å²) in [7, 11) is 1.33. The molecule has 9 heteroatoms. The molecule has 69 heavy (non-hydrogen) atoms. The summed E-state index contributed by atoms with van der Waals surface area (Å²) in [6, 6.07) is 0. The lowest BCUT2D eigenvalue weighted by atomic mass is 10.1. The van der Waals surface area contributed by atoms with Crippen LogP contribution in [0.25, 0.3) is 0 Å². The van der Waals surface area contributed by atoms with Crippen molar-refractivity contribution in [2.24, 2.45) is 0 Å². The average molecular weight is 984 g/mol. The number of quaternary nitrogens is 1. The molecule has 0 fully saturated rings. The molecular formula is C60H106NO7P. The summed E-state index contributed by atoms with van der Waals surface area (Å²) in [4.78, 5) is 25.3. The fourth-order valence-corrected chi connectivity index (χ4v) is 8.07. The molecule has 0 aliphatic carbocycles. The number of esters is 1. The van der Waals surface area contributed by atoms with Gasteiger partial charge in [0.2, 0.25) is 0 Å². The summed E-state index contributed by atoms with van der Waals surface area (Å²) < 4.78 is 34.8. The number of hydrogen-bond acceptors (Lipinski definition) is 7. The maximum atomic E-state index is 12.8. The van der Waals surface area contributed by atoms with Crippen LogP contribution in [-0.4, -0.2) is 70.7 Å². The van der Waals surface area contributed by atoms with Gasteiger partial charge in [0.25, 0.3) is 7.82 Å². The predicted molar refractivity (Wildman–Crippen MR) is 295 cm³/mol. The third-order valence-electron chi connectivity index (χ3n) is 11.6. The first-order chi connectivity index (χ1) is 33.6. The molecule has 0 N–H and O–H groups in total. The van der Waals surface area contributed by atoms with Crippen molar-refractivity contribution < 1.29 is 37.3 Å². The minimum Gasteiger partial charge on any atom is -0.756 e. The number of carbonyl (C=O) groups is 1. The second-order valence-electron chi connectivity index (χ2n) is 19.6. The molecule has 2 atom stereocenters. The summed E-state index contributed by atoms with van der Waals surface area (Å²) in [5, 5.41) is 0. The standard InChI is InChI=1S/C60H106NO7P/c1-6-8-10-12-14-16-18-20-22-24-26-28-30-32-34-36-38-40-42-44-46-48-50-52-55-65-57-59(58-67-69(63,64)66-56-54-61(3,4)5)68-60(62)53-51-49-47-45-43-41-39-37-35-33-31-29-27-25-23-21-19-17-15-13-11-9-7-2/h8,10,14,16,19-22,25-28,31-34,59H,6-7,9,11-13,15,17-18,23-24,29-30,35-58H2,1-5H3/b10-8-,16-14-,21-19-,22-20-,27-25-,28-26-,33-31-,34-32-. The average Bonchev–Trinajstić information content (AvgIpc) is 3.31. The number of allylic oxidation sites excluding steroid dienone is 16. The molecule has 0 aromatic carbocycles. The molecule has 0 aromatic heterocycles. The van der Waals surface area contributed by atoms with Crippen LogP contribution in [0.1, 0.15) is 219 Å². The first kappa shape index (κ1) is 66.4. The molecule has 0 radical (unpaired) electrons. The summed E-state index contributed by atoms with van der Waals surface area (Å²) in [6.07, 6.45) is 71.5. The van der Waals surface area contributed by atoms with Crippen molar-refractivity contribution in [1.82, 2.24) is 0 Å². The number of unbranched alkanes of at least 4 members (excludes halogenated alkanes) is 21. The van der Waals surface area contributed by atoms with E-state index in [-0.39, 0.29) is 25.8 Å². The third kappa shape index (κ3) is 56.2. The monoisotopic (exact) mass is 984 g/mol. The topological polar surface area (TPSA) is 94.1 Å². The summed E-state index contributed by atoms with van der Waals surface area (Å²) in [5.74, 6) is -0.347. The van der Waals surface area contributed by atoms with Crippen molar-refractivity contribution in [1.29, 1.82) is 0 Å². The third-order valence-corrected chi connectivity index (χ3v) is 12.6. The molecule has 0 bridgehead atoms. The molecular weight excluding hydrogens is 878 g/mol. The van der Waals surface area contributed by atoms with Gasteiger partial charge in [-0.1, -0.05) is 214 Å². The lowest BCUT2D eigenvalue weighted by Crippen LogP contribution is -2.37. The summed E-state index contributed by atoms with van der Waals surface area (Å²) >= 11 is 0. The van der Waals surface area contributed by atoms with Gasteiger partial charge < -0.3 is 27.9 Å². The number of phosphoric ester groups is 1. The van der Waals surface area contributed by atoms with E-state index in [9.17, 15) is 14.3 Å². The van der Waals surface area contributed by atoms with Crippen LogP contribution in [0.2, 0.25) is 0 Å². The lowest BCUT2D eigenvalue weighted by Gasteiger charge is -2.28. The van der Waals surface area contributed by atoms with Crippen LogP contribution in [0, 0.1) is 0 Å². The van der Waals surface area contributed by atoms with Gasteiger partial charge in [0.1, 0.15) is 19.3 Å². The molecule has 0 aliphatic heterocycles. The zero-order valence-corrected chi connectivity index (χ0v) is 46.1. The Hall–Kier alpha value is -2.58. The van der Waals surface area contributed by atoms with Crippen LogP contribution < -0.4 is 4.89 Å². The second-order valence-corrected chi connectivity index (χ2v) is 21.0. The Labute approximate surface area is 426 Å². The van der Waals surface area contributed by atoms with Crippen molar-refractivity contribution in [3.05, 3.63) is 97.2 Å². The Balaban J connectivity index is 4.17. The smallest absolute Gasteiger partial charge is 0.306 e. The van der Waals surface area contributed by atoms with Crippen LogP contribution in [0.15, 0.2) is 97.2 Å². The molecule has 0 rings (SSSR count). The first-order valence-corrected chi connectivity index (χ1v) is 29.4. The molecule has 398 valence electrons. The van der Waals surface area contributed by atoms with E-state index in [0.717, 1.165) is 96.3 Å². The summed E-state index contributed by atoms with van der Waals surface area (Å²) in [5.41, 5.74) is 0. The highest BCUT2D eigenvalue weighted by Crippen LogP contribution is 2.38. The van der Waals surface area contributed by atoms with Gasteiger partial charge in [-0.15, -0.1) is 0 Å². The van der Waals surface area contributed by atoms with E-state index < -0.39 is 13.9 Å². The van der Waals surface area contributed by atoms with Gasteiger partial charge in [-0.25, -0.2) is 0 Å². The predicted octanol–water partition coefficient (Wildman–Crippen LogP) is 17.1. The van der Waals surface area contributed by atoms with Crippen molar-refractivity contribution in [2.45, 2.75) is 225 Å². The Morgan fingerprint density at radius 1 is 0.464 bits per heavy atom.